The maximum Gasteiger partial charge on any atom is 0.127 e. The first-order chi connectivity index (χ1) is 21.8. The molecule has 0 radical (unpaired) electrons. The highest BCUT2D eigenvalue weighted by Crippen LogP contribution is 2.45. The molecule has 0 spiro atoms. The summed E-state index contributed by atoms with van der Waals surface area (Å²) in [4.78, 5) is 0. The molecule has 222 valence electrons. The van der Waals surface area contributed by atoms with Gasteiger partial charge in [-0.25, -0.2) is 0 Å². The van der Waals surface area contributed by atoms with E-state index in [1.54, 1.807) is 109 Å². The monoisotopic (exact) mass is 594 g/mol. The average molecular weight is 595 g/mol. The molecular weight excluding hydrogens is 564 g/mol. The van der Waals surface area contributed by atoms with Crippen LogP contribution in [0.2, 0.25) is 0 Å². The molecule has 12 bridgehead atoms. The normalized spacial score (nSPS) is 12.3. The van der Waals surface area contributed by atoms with Crippen LogP contribution < -0.4 is 0 Å². The molecule has 0 aromatic heterocycles. The lowest BCUT2D eigenvalue weighted by Gasteiger charge is -2.16. The van der Waals surface area contributed by atoms with E-state index in [1.807, 2.05) is 0 Å². The quantitative estimate of drug-likeness (QED) is 0.106. The molecule has 1 aliphatic carbocycles. The number of para-hydroxylation sites is 6. The van der Waals surface area contributed by atoms with E-state index in [-0.39, 0.29) is 53.8 Å². The Balaban J connectivity index is 1.48. The molecule has 0 amide bonds. The van der Waals surface area contributed by atoms with Gasteiger partial charge in [-0.15, -0.1) is 0 Å². The Kier molecular flexibility index (Phi) is 6.82. The van der Waals surface area contributed by atoms with Crippen molar-refractivity contribution in [3.8, 4) is 67.9 Å². The fraction of sp³-hybridized carbons (Fsp3) is 0.0769. The number of phenols is 6. The van der Waals surface area contributed by atoms with Crippen molar-refractivity contribution in [3.05, 3.63) is 143 Å². The number of hydrogen-bond donors (Lipinski definition) is 6. The van der Waals surface area contributed by atoms with Gasteiger partial charge in [0.2, 0.25) is 0 Å². The van der Waals surface area contributed by atoms with Crippen LogP contribution in [0.15, 0.2) is 109 Å². The maximum atomic E-state index is 11.4. The lowest BCUT2D eigenvalue weighted by Crippen LogP contribution is -1.95. The van der Waals surface area contributed by atoms with E-state index in [1.165, 1.54) is 0 Å². The summed E-state index contributed by atoms with van der Waals surface area (Å²) < 4.78 is 0. The molecule has 7 rings (SSSR count). The predicted molar refractivity (Wildman–Crippen MR) is 174 cm³/mol. The SMILES string of the molecule is Oc1c2cccc1-c1cccc(c1O)Cc1cccc(c1O)-c1cccc(c1O)Cc1cccc(c1O)-c1cccc(c1O)C2. The van der Waals surface area contributed by atoms with Crippen LogP contribution in [0, 0.1) is 0 Å². The van der Waals surface area contributed by atoms with Crippen molar-refractivity contribution in [2.24, 2.45) is 0 Å². The van der Waals surface area contributed by atoms with Gasteiger partial charge in [-0.05, 0) is 33.4 Å². The van der Waals surface area contributed by atoms with E-state index in [4.69, 9.17) is 0 Å². The van der Waals surface area contributed by atoms with Crippen LogP contribution in [0.3, 0.4) is 0 Å². The topological polar surface area (TPSA) is 121 Å². The van der Waals surface area contributed by atoms with Gasteiger partial charge in [0.15, 0.2) is 0 Å². The summed E-state index contributed by atoms with van der Waals surface area (Å²) in [5.41, 5.74) is 5.87. The molecule has 0 saturated carbocycles. The Morgan fingerprint density at radius 2 is 0.400 bits per heavy atom. The van der Waals surface area contributed by atoms with Crippen LogP contribution in [-0.2, 0) is 19.3 Å². The van der Waals surface area contributed by atoms with Crippen molar-refractivity contribution < 1.29 is 30.6 Å². The summed E-state index contributed by atoms with van der Waals surface area (Å²) in [6, 6.07) is 31.7. The Morgan fingerprint density at radius 1 is 0.244 bits per heavy atom. The zero-order valence-electron chi connectivity index (χ0n) is 24.2. The molecule has 0 aliphatic heterocycles. The highest BCUT2D eigenvalue weighted by Gasteiger charge is 2.21. The van der Waals surface area contributed by atoms with Crippen LogP contribution in [-0.4, -0.2) is 30.6 Å². The largest absolute Gasteiger partial charge is 0.507 e. The standard InChI is InChI=1S/C39H30O6/c40-34-22-7-1-13-28(34)29-14-2-9-24(35(29)41)20-25-10-4-17-32(37(25)43)33-18-6-12-27(39(33)45)21-26-11-5-16-31(38(26)44)30-15-3-8-23(19-22)36(30)42/h1-18,40-45H,19-21H2. The van der Waals surface area contributed by atoms with E-state index in [2.05, 4.69) is 0 Å². The highest BCUT2D eigenvalue weighted by atomic mass is 16.3. The molecule has 1 aliphatic rings. The van der Waals surface area contributed by atoms with Crippen molar-refractivity contribution in [3.63, 3.8) is 0 Å². The van der Waals surface area contributed by atoms with E-state index in [0.717, 1.165) is 0 Å². The van der Waals surface area contributed by atoms with Gasteiger partial charge in [0, 0.05) is 52.6 Å². The van der Waals surface area contributed by atoms with E-state index < -0.39 is 0 Å². The van der Waals surface area contributed by atoms with Crippen molar-refractivity contribution >= 4 is 0 Å². The summed E-state index contributed by atoms with van der Waals surface area (Å²) >= 11 is 0. The molecule has 0 heterocycles. The number of fused-ring (bicyclic) bond motifs is 15. The minimum Gasteiger partial charge on any atom is -0.507 e. The van der Waals surface area contributed by atoms with E-state index >= 15 is 0 Å². The molecule has 0 saturated heterocycles. The van der Waals surface area contributed by atoms with Crippen LogP contribution >= 0.6 is 0 Å². The Hall–Kier alpha value is -5.88. The molecule has 6 aromatic rings. The first-order valence-corrected chi connectivity index (χ1v) is 14.7. The molecule has 6 N–H and O–H groups in total. The van der Waals surface area contributed by atoms with E-state index in [9.17, 15) is 30.6 Å². The van der Waals surface area contributed by atoms with Crippen LogP contribution in [0.5, 0.6) is 34.5 Å². The van der Waals surface area contributed by atoms with Crippen molar-refractivity contribution in [1.29, 1.82) is 0 Å². The Bertz CT molecular complexity index is 1720. The van der Waals surface area contributed by atoms with Gasteiger partial charge in [0.1, 0.15) is 34.5 Å². The summed E-state index contributed by atoms with van der Waals surface area (Å²) in [6.07, 6.45) is 0.588. The van der Waals surface area contributed by atoms with Gasteiger partial charge in [-0.2, -0.15) is 0 Å². The lowest BCUT2D eigenvalue weighted by molar-refractivity contribution is 0.458. The van der Waals surface area contributed by atoms with Gasteiger partial charge in [0.05, 0.1) is 0 Å². The third-order valence-electron chi connectivity index (χ3n) is 8.73. The predicted octanol–water partition coefficient (Wildman–Crippen LogP) is 8.01. The summed E-state index contributed by atoms with van der Waals surface area (Å²) in [5, 5.41) is 68.5. The number of hydrogen-bond acceptors (Lipinski definition) is 6. The van der Waals surface area contributed by atoms with Crippen LogP contribution in [0.1, 0.15) is 33.4 Å². The highest BCUT2D eigenvalue weighted by molar-refractivity contribution is 5.82. The van der Waals surface area contributed by atoms with Crippen molar-refractivity contribution in [2.75, 3.05) is 0 Å². The number of benzene rings is 6. The zero-order chi connectivity index (χ0) is 31.2. The first kappa shape index (κ1) is 27.9. The van der Waals surface area contributed by atoms with Crippen LogP contribution in [0.4, 0.5) is 0 Å². The lowest BCUT2D eigenvalue weighted by atomic mass is 9.92. The molecule has 0 atom stereocenters. The molecule has 0 unspecified atom stereocenters. The van der Waals surface area contributed by atoms with Crippen molar-refractivity contribution in [2.45, 2.75) is 19.3 Å². The van der Waals surface area contributed by atoms with Crippen LogP contribution in [0.25, 0.3) is 33.4 Å². The first-order valence-electron chi connectivity index (χ1n) is 14.7. The molecule has 45 heavy (non-hydrogen) atoms. The number of phenolic OH excluding ortho intramolecular Hbond substituents is 6. The molecule has 6 nitrogen and oxygen atoms in total. The average Bonchev–Trinajstić information content (AvgIpc) is 3.03. The molecule has 6 aromatic carbocycles. The fourth-order valence-electron chi connectivity index (χ4n) is 6.32. The third kappa shape index (κ3) is 4.77. The summed E-state index contributed by atoms with van der Waals surface area (Å²) in [7, 11) is 0. The third-order valence-corrected chi connectivity index (χ3v) is 8.73. The Morgan fingerprint density at radius 3 is 0.556 bits per heavy atom. The van der Waals surface area contributed by atoms with E-state index in [0.29, 0.717) is 66.8 Å². The second-order valence-electron chi connectivity index (χ2n) is 11.4. The number of rotatable bonds is 0. The smallest absolute Gasteiger partial charge is 0.127 e. The molecule has 6 heteroatoms. The fourth-order valence-corrected chi connectivity index (χ4v) is 6.32. The molecular formula is C39H30O6. The minimum atomic E-state index is -0.0231. The Labute approximate surface area is 260 Å². The second kappa shape index (κ2) is 11.0. The summed E-state index contributed by atoms with van der Waals surface area (Å²) in [5.74, 6) is -0.138. The minimum absolute atomic E-state index is 0.0231. The van der Waals surface area contributed by atoms with Gasteiger partial charge < -0.3 is 30.6 Å². The van der Waals surface area contributed by atoms with Gasteiger partial charge in [0.25, 0.3) is 0 Å². The summed E-state index contributed by atoms with van der Waals surface area (Å²) in [6.45, 7) is 0. The van der Waals surface area contributed by atoms with Gasteiger partial charge in [-0.3, -0.25) is 0 Å². The van der Waals surface area contributed by atoms with Gasteiger partial charge in [-0.1, -0.05) is 109 Å². The van der Waals surface area contributed by atoms with Crippen molar-refractivity contribution in [1.82, 2.24) is 0 Å². The van der Waals surface area contributed by atoms with Gasteiger partial charge >= 0.3 is 0 Å². The second-order valence-corrected chi connectivity index (χ2v) is 11.4. The molecule has 0 fully saturated rings. The number of aromatic hydroxyl groups is 6. The zero-order valence-corrected chi connectivity index (χ0v) is 24.2. The maximum absolute atomic E-state index is 11.4.